The zero-order chi connectivity index (χ0) is 19.6. The van der Waals surface area contributed by atoms with Gasteiger partial charge in [-0.1, -0.05) is 18.2 Å². The Labute approximate surface area is 162 Å². The molecular weight excluding hydrogens is 378 g/mol. The summed E-state index contributed by atoms with van der Waals surface area (Å²) in [5.74, 6) is 1.00. The van der Waals surface area contributed by atoms with E-state index in [1.54, 1.807) is 47.5 Å². The van der Waals surface area contributed by atoms with Gasteiger partial charge in [-0.05, 0) is 48.6 Å². The van der Waals surface area contributed by atoms with Crippen LogP contribution in [-0.4, -0.2) is 37.4 Å². The molecule has 0 bridgehead atoms. The Hall–Kier alpha value is -3.39. The van der Waals surface area contributed by atoms with Gasteiger partial charge in [-0.25, -0.2) is 8.42 Å². The van der Waals surface area contributed by atoms with Gasteiger partial charge in [-0.3, -0.25) is 4.79 Å². The van der Waals surface area contributed by atoms with E-state index in [9.17, 15) is 13.2 Å². The number of ether oxygens (including phenoxy) is 1. The predicted molar refractivity (Wildman–Crippen MR) is 107 cm³/mol. The second-order valence-electron chi connectivity index (χ2n) is 6.21. The van der Waals surface area contributed by atoms with E-state index in [0.717, 1.165) is 5.75 Å². The van der Waals surface area contributed by atoms with E-state index in [4.69, 9.17) is 4.74 Å². The maximum Gasteiger partial charge on any atom is 0.259 e. The first kappa shape index (κ1) is 18.0. The number of amidine groups is 1. The number of fused-ring (bicyclic) bond motifs is 1. The molecule has 0 atom stereocenters. The molecule has 7 nitrogen and oxygen atoms in total. The molecule has 2 aromatic rings. The van der Waals surface area contributed by atoms with Crippen molar-refractivity contribution < 1.29 is 17.9 Å². The number of sulfonamides is 1. The third-order valence-electron chi connectivity index (χ3n) is 4.19. The molecule has 2 aromatic carbocycles. The summed E-state index contributed by atoms with van der Waals surface area (Å²) < 4.78 is 33.1. The lowest BCUT2D eigenvalue weighted by Gasteiger charge is -2.28. The molecule has 0 spiro atoms. The third kappa shape index (κ3) is 3.96. The van der Waals surface area contributed by atoms with E-state index in [2.05, 4.69) is 9.71 Å². The minimum Gasteiger partial charge on any atom is -0.457 e. The summed E-state index contributed by atoms with van der Waals surface area (Å²) >= 11 is 0. The van der Waals surface area contributed by atoms with E-state index in [1.165, 1.54) is 0 Å². The molecule has 2 aliphatic heterocycles. The third-order valence-corrected chi connectivity index (χ3v) is 5.34. The van der Waals surface area contributed by atoms with Gasteiger partial charge in [-0.2, -0.15) is 0 Å². The van der Waals surface area contributed by atoms with Gasteiger partial charge in [0.15, 0.2) is 5.84 Å². The number of carbonyl (C=O) groups is 1. The minimum atomic E-state index is -3.55. The molecule has 28 heavy (non-hydrogen) atoms. The van der Waals surface area contributed by atoms with Crippen LogP contribution in [0.25, 0.3) is 0 Å². The van der Waals surface area contributed by atoms with Crippen LogP contribution in [0, 0.1) is 0 Å². The lowest BCUT2D eigenvalue weighted by Crippen LogP contribution is -2.40. The van der Waals surface area contributed by atoms with Gasteiger partial charge >= 0.3 is 0 Å². The summed E-state index contributed by atoms with van der Waals surface area (Å²) in [4.78, 5) is 14.3. The first-order valence-corrected chi connectivity index (χ1v) is 10.2. The standard InChI is InChI=1S/C20H17N3O4S/c24-20(18-7-4-12-23-13-14-28(25,26)22-19(18)23)21-15-8-10-17(11-9-15)27-16-5-2-1-3-6-16/h1-12H,13-14H2,(H,21,24). The van der Waals surface area contributed by atoms with Crippen LogP contribution in [0.5, 0.6) is 11.5 Å². The van der Waals surface area contributed by atoms with Crippen molar-refractivity contribution in [1.29, 1.82) is 0 Å². The molecule has 0 aliphatic carbocycles. The fraction of sp³-hybridized carbons (Fsp3) is 0.100. The highest BCUT2D eigenvalue weighted by atomic mass is 32.2. The molecule has 142 valence electrons. The van der Waals surface area contributed by atoms with Crippen LogP contribution in [0.2, 0.25) is 0 Å². The van der Waals surface area contributed by atoms with Crippen LogP contribution in [-0.2, 0) is 14.8 Å². The lowest BCUT2D eigenvalue weighted by atomic mass is 10.1. The van der Waals surface area contributed by atoms with E-state index in [0.29, 0.717) is 11.4 Å². The number of para-hydroxylation sites is 1. The second kappa shape index (κ2) is 7.32. The quantitative estimate of drug-likeness (QED) is 0.860. The highest BCUT2D eigenvalue weighted by Gasteiger charge is 2.29. The van der Waals surface area contributed by atoms with E-state index in [1.807, 2.05) is 30.3 Å². The predicted octanol–water partition coefficient (Wildman–Crippen LogP) is 2.92. The van der Waals surface area contributed by atoms with Crippen LogP contribution in [0.4, 0.5) is 5.69 Å². The molecule has 0 fully saturated rings. The molecule has 0 saturated carbocycles. The van der Waals surface area contributed by atoms with Gasteiger partial charge in [0.05, 0.1) is 11.3 Å². The SMILES string of the molecule is O=C(Nc1ccc(Oc2ccccc2)cc1)C1=CC=CN2CCS(=O)(=O)N=C12. The van der Waals surface area contributed by atoms with E-state index >= 15 is 0 Å². The maximum atomic E-state index is 12.7. The Kier molecular flexibility index (Phi) is 4.70. The normalized spacial score (nSPS) is 17.2. The molecule has 8 heteroatoms. The van der Waals surface area contributed by atoms with Crippen LogP contribution in [0.1, 0.15) is 0 Å². The van der Waals surface area contributed by atoms with Crippen molar-refractivity contribution in [2.45, 2.75) is 0 Å². The molecular formula is C20H17N3O4S. The molecule has 1 amide bonds. The number of hydrogen-bond acceptors (Lipinski definition) is 5. The molecule has 4 rings (SSSR count). The van der Waals surface area contributed by atoms with Crippen molar-refractivity contribution in [1.82, 2.24) is 4.90 Å². The van der Waals surface area contributed by atoms with Crippen molar-refractivity contribution in [3.63, 3.8) is 0 Å². The minimum absolute atomic E-state index is 0.0708. The number of rotatable bonds is 4. The zero-order valence-corrected chi connectivity index (χ0v) is 15.6. The second-order valence-corrected chi connectivity index (χ2v) is 7.96. The number of anilines is 1. The average molecular weight is 395 g/mol. The van der Waals surface area contributed by atoms with Crippen LogP contribution >= 0.6 is 0 Å². The van der Waals surface area contributed by atoms with Crippen molar-refractivity contribution >= 4 is 27.5 Å². The lowest BCUT2D eigenvalue weighted by molar-refractivity contribution is -0.112. The Bertz CT molecular complexity index is 1090. The van der Waals surface area contributed by atoms with Gasteiger partial charge in [0.1, 0.15) is 11.5 Å². The number of benzene rings is 2. The fourth-order valence-electron chi connectivity index (χ4n) is 2.82. The van der Waals surface area contributed by atoms with Crippen LogP contribution in [0.15, 0.2) is 82.9 Å². The fourth-order valence-corrected chi connectivity index (χ4v) is 3.81. The van der Waals surface area contributed by atoms with Crippen molar-refractivity contribution in [3.8, 4) is 11.5 Å². The molecule has 0 saturated heterocycles. The molecule has 0 aromatic heterocycles. The smallest absolute Gasteiger partial charge is 0.259 e. The van der Waals surface area contributed by atoms with Gasteiger partial charge in [-0.15, -0.1) is 4.40 Å². The van der Waals surface area contributed by atoms with Crippen molar-refractivity contribution in [2.24, 2.45) is 4.40 Å². The summed E-state index contributed by atoms with van der Waals surface area (Å²) in [5.41, 5.74) is 0.766. The number of nitrogens with one attached hydrogen (secondary N) is 1. The number of carbonyl (C=O) groups excluding carboxylic acids is 1. The van der Waals surface area contributed by atoms with Crippen LogP contribution in [0.3, 0.4) is 0 Å². The summed E-state index contributed by atoms with van der Waals surface area (Å²) in [7, 11) is -3.55. The van der Waals surface area contributed by atoms with Crippen molar-refractivity contribution in [3.05, 3.63) is 78.5 Å². The van der Waals surface area contributed by atoms with Crippen LogP contribution < -0.4 is 10.1 Å². The Balaban J connectivity index is 1.48. The van der Waals surface area contributed by atoms with Crippen molar-refractivity contribution in [2.75, 3.05) is 17.6 Å². The number of allylic oxidation sites excluding steroid dienone is 2. The number of nitrogens with zero attached hydrogens (tertiary/aromatic N) is 2. The van der Waals surface area contributed by atoms with Gasteiger partial charge in [0.2, 0.25) is 0 Å². The zero-order valence-electron chi connectivity index (χ0n) is 14.8. The molecule has 2 heterocycles. The first-order valence-electron chi connectivity index (χ1n) is 8.63. The first-order chi connectivity index (χ1) is 13.5. The Morgan fingerprint density at radius 2 is 1.75 bits per heavy atom. The molecule has 1 N–H and O–H groups in total. The number of hydrogen-bond donors (Lipinski definition) is 1. The number of amides is 1. The summed E-state index contributed by atoms with van der Waals surface area (Å²) in [6, 6.07) is 16.3. The average Bonchev–Trinajstić information content (AvgIpc) is 2.69. The molecule has 2 aliphatic rings. The topological polar surface area (TPSA) is 88.1 Å². The molecule has 0 unspecified atom stereocenters. The van der Waals surface area contributed by atoms with E-state index in [-0.39, 0.29) is 23.7 Å². The monoisotopic (exact) mass is 395 g/mol. The Morgan fingerprint density at radius 1 is 1.04 bits per heavy atom. The van der Waals surface area contributed by atoms with Gasteiger partial charge in [0.25, 0.3) is 15.9 Å². The Morgan fingerprint density at radius 3 is 2.50 bits per heavy atom. The maximum absolute atomic E-state index is 12.7. The largest absolute Gasteiger partial charge is 0.457 e. The summed E-state index contributed by atoms with van der Waals surface area (Å²) in [5, 5.41) is 2.76. The molecule has 0 radical (unpaired) electrons. The highest BCUT2D eigenvalue weighted by molar-refractivity contribution is 7.90. The highest BCUT2D eigenvalue weighted by Crippen LogP contribution is 2.24. The van der Waals surface area contributed by atoms with E-state index < -0.39 is 15.9 Å². The summed E-state index contributed by atoms with van der Waals surface area (Å²) in [6.07, 6.45) is 4.96. The van der Waals surface area contributed by atoms with Gasteiger partial charge < -0.3 is 15.0 Å². The van der Waals surface area contributed by atoms with Gasteiger partial charge in [0, 0.05) is 18.4 Å². The summed E-state index contributed by atoms with van der Waals surface area (Å²) in [6.45, 7) is 0.272.